The number of fused-ring (bicyclic) bond motifs is 4. The summed E-state index contributed by atoms with van der Waals surface area (Å²) in [7, 11) is 4.31. The molecule has 0 radical (unpaired) electrons. The molecule has 0 aliphatic carbocycles. The number of carbonyl (C=O) groups excluding carboxylic acids is 5. The van der Waals surface area contributed by atoms with E-state index in [1.807, 2.05) is 6.07 Å². The van der Waals surface area contributed by atoms with Gasteiger partial charge in [-0.25, -0.2) is 4.79 Å². The molecule has 6 amide bonds. The quantitative estimate of drug-likeness (QED) is 0.262. The summed E-state index contributed by atoms with van der Waals surface area (Å²) < 4.78 is 5.04. The number of hydrogen-bond donors (Lipinski definition) is 1. The standard InChI is InChI=1S/C25H27N5O6S/c1-27-21(33)25(22(34)28(2)24(27)35)13-15-11-14(6-7-17(15)29-8-4-5-18(25)29)12-16-19(31)26-23(37)30(20(16)32)9-10-36-3/h6-7,11-12,18H,4-5,8-10,13H2,1-3H3,(H,26,31,37)/b16-12+/t18-/m0/s1. The van der Waals surface area contributed by atoms with Gasteiger partial charge >= 0.3 is 6.03 Å². The Morgan fingerprint density at radius 2 is 1.84 bits per heavy atom. The molecular weight excluding hydrogens is 498 g/mol. The number of imide groups is 2. The van der Waals surface area contributed by atoms with Gasteiger partial charge in [-0.1, -0.05) is 6.07 Å². The molecule has 3 saturated heterocycles. The summed E-state index contributed by atoms with van der Waals surface area (Å²) in [6, 6.07) is 4.48. The zero-order valence-electron chi connectivity index (χ0n) is 20.8. The minimum atomic E-state index is -1.42. The summed E-state index contributed by atoms with van der Waals surface area (Å²) in [4.78, 5) is 70.6. The van der Waals surface area contributed by atoms with Crippen molar-refractivity contribution in [2.75, 3.05) is 45.8 Å². The molecule has 4 heterocycles. The molecule has 0 unspecified atom stereocenters. The molecule has 1 spiro atoms. The van der Waals surface area contributed by atoms with E-state index in [4.69, 9.17) is 17.0 Å². The second-order valence-electron chi connectivity index (χ2n) is 9.67. The third kappa shape index (κ3) is 3.65. The number of thiocarbonyl (C=S) groups is 1. The lowest BCUT2D eigenvalue weighted by atomic mass is 9.68. The minimum absolute atomic E-state index is 0.0220. The van der Waals surface area contributed by atoms with Gasteiger partial charge in [-0.05, 0) is 60.8 Å². The van der Waals surface area contributed by atoms with Gasteiger partial charge in [-0.2, -0.15) is 0 Å². The number of ether oxygens (including phenoxy) is 1. The van der Waals surface area contributed by atoms with Crippen LogP contribution in [0.3, 0.4) is 0 Å². The van der Waals surface area contributed by atoms with Crippen molar-refractivity contribution in [3.05, 3.63) is 34.9 Å². The molecule has 0 aromatic heterocycles. The Morgan fingerprint density at radius 3 is 2.51 bits per heavy atom. The molecule has 1 aromatic carbocycles. The van der Waals surface area contributed by atoms with Crippen LogP contribution < -0.4 is 10.2 Å². The molecule has 194 valence electrons. The topological polar surface area (TPSA) is 120 Å². The number of urea groups is 1. The van der Waals surface area contributed by atoms with Crippen LogP contribution in [-0.2, 0) is 30.3 Å². The Kier molecular flexibility index (Phi) is 6.11. The van der Waals surface area contributed by atoms with E-state index in [9.17, 15) is 24.0 Å². The van der Waals surface area contributed by atoms with E-state index in [1.165, 1.54) is 32.2 Å². The largest absolute Gasteiger partial charge is 0.383 e. The summed E-state index contributed by atoms with van der Waals surface area (Å²) in [5.74, 6) is -2.14. The average molecular weight is 526 g/mol. The number of benzene rings is 1. The highest BCUT2D eigenvalue weighted by atomic mass is 32.1. The Labute approximate surface area is 219 Å². The molecule has 0 bridgehead atoms. The van der Waals surface area contributed by atoms with Gasteiger partial charge in [0, 0.05) is 33.4 Å². The van der Waals surface area contributed by atoms with Crippen LogP contribution in [0.4, 0.5) is 10.5 Å². The van der Waals surface area contributed by atoms with Crippen molar-refractivity contribution in [1.29, 1.82) is 0 Å². The lowest BCUT2D eigenvalue weighted by Crippen LogP contribution is -2.70. The molecule has 4 aliphatic rings. The molecule has 1 aromatic rings. The van der Waals surface area contributed by atoms with Crippen LogP contribution in [0.25, 0.3) is 6.08 Å². The number of methoxy groups -OCH3 is 1. The van der Waals surface area contributed by atoms with Gasteiger partial charge < -0.3 is 9.64 Å². The fourth-order valence-electron chi connectivity index (χ4n) is 5.87. The first kappa shape index (κ1) is 25.0. The number of nitrogens with zero attached hydrogens (tertiary/aromatic N) is 4. The SMILES string of the molecule is COCCN1C(=O)/C(=C/c2ccc3c(c2)CC2(C(=O)N(C)C(=O)N(C)C2=O)[C@@H]2CCCN32)C(=O)NC1=S. The lowest BCUT2D eigenvalue weighted by molar-refractivity contribution is -0.159. The van der Waals surface area contributed by atoms with Crippen molar-refractivity contribution in [3.8, 4) is 0 Å². The number of nitrogens with one attached hydrogen (secondary N) is 1. The number of amides is 6. The second-order valence-corrected chi connectivity index (χ2v) is 10.1. The molecule has 1 atom stereocenters. The van der Waals surface area contributed by atoms with Crippen LogP contribution in [0.1, 0.15) is 24.0 Å². The Bertz CT molecular complexity index is 1270. The normalized spacial score (nSPS) is 24.3. The van der Waals surface area contributed by atoms with Gasteiger partial charge in [-0.3, -0.25) is 39.2 Å². The number of carbonyl (C=O) groups is 5. The Morgan fingerprint density at radius 1 is 1.14 bits per heavy atom. The summed E-state index contributed by atoms with van der Waals surface area (Å²) in [6.07, 6.45) is 3.06. The average Bonchev–Trinajstić information content (AvgIpc) is 3.38. The second kappa shape index (κ2) is 9.03. The maximum atomic E-state index is 13.6. The highest BCUT2D eigenvalue weighted by Crippen LogP contribution is 2.49. The maximum absolute atomic E-state index is 13.6. The van der Waals surface area contributed by atoms with Crippen LogP contribution in [0.15, 0.2) is 23.8 Å². The summed E-state index contributed by atoms with van der Waals surface area (Å²) in [5, 5.41) is 2.56. The summed E-state index contributed by atoms with van der Waals surface area (Å²) in [5.41, 5.74) is 0.705. The van der Waals surface area contributed by atoms with Crippen LogP contribution in [0.5, 0.6) is 0 Å². The van der Waals surface area contributed by atoms with E-state index in [1.54, 1.807) is 12.1 Å². The Balaban J connectivity index is 1.55. The first-order valence-electron chi connectivity index (χ1n) is 12.0. The van der Waals surface area contributed by atoms with Crippen LogP contribution in [-0.4, -0.2) is 96.4 Å². The zero-order chi connectivity index (χ0) is 26.6. The predicted octanol–water partition coefficient (Wildman–Crippen LogP) is 0.521. The van der Waals surface area contributed by atoms with Gasteiger partial charge in [0.05, 0.1) is 19.2 Å². The lowest BCUT2D eigenvalue weighted by Gasteiger charge is -2.50. The molecule has 12 heteroatoms. The van der Waals surface area contributed by atoms with Gasteiger partial charge in [-0.15, -0.1) is 0 Å². The monoisotopic (exact) mass is 525 g/mol. The van der Waals surface area contributed by atoms with Crippen molar-refractivity contribution < 1.29 is 28.7 Å². The molecule has 37 heavy (non-hydrogen) atoms. The van der Waals surface area contributed by atoms with E-state index < -0.39 is 35.1 Å². The fourth-order valence-corrected chi connectivity index (χ4v) is 6.14. The molecule has 4 aliphatic heterocycles. The summed E-state index contributed by atoms with van der Waals surface area (Å²) >= 11 is 5.14. The van der Waals surface area contributed by atoms with Crippen molar-refractivity contribution >= 4 is 58.8 Å². The molecule has 5 rings (SSSR count). The molecular formula is C25H27N5O6S. The van der Waals surface area contributed by atoms with Gasteiger partial charge in [0.1, 0.15) is 5.57 Å². The minimum Gasteiger partial charge on any atom is -0.383 e. The van der Waals surface area contributed by atoms with E-state index in [0.717, 1.165) is 27.5 Å². The zero-order valence-corrected chi connectivity index (χ0v) is 21.6. The van der Waals surface area contributed by atoms with Gasteiger partial charge in [0.25, 0.3) is 11.8 Å². The van der Waals surface area contributed by atoms with Crippen molar-refractivity contribution in [3.63, 3.8) is 0 Å². The first-order valence-corrected chi connectivity index (χ1v) is 12.4. The van der Waals surface area contributed by atoms with Gasteiger partial charge in [0.15, 0.2) is 10.5 Å². The van der Waals surface area contributed by atoms with Gasteiger partial charge in [0.2, 0.25) is 11.8 Å². The van der Waals surface area contributed by atoms with E-state index in [-0.39, 0.29) is 36.3 Å². The predicted molar refractivity (Wildman–Crippen MR) is 136 cm³/mol. The van der Waals surface area contributed by atoms with Crippen LogP contribution in [0, 0.1) is 5.41 Å². The molecule has 1 N–H and O–H groups in total. The Hall–Kier alpha value is -3.64. The number of anilines is 1. The fraction of sp³-hybridized carbons (Fsp3) is 0.440. The van der Waals surface area contributed by atoms with E-state index in [0.29, 0.717) is 18.5 Å². The molecule has 3 fully saturated rings. The number of rotatable bonds is 4. The number of barbiturate groups is 1. The molecule has 0 saturated carbocycles. The highest BCUT2D eigenvalue weighted by Gasteiger charge is 2.63. The third-order valence-electron chi connectivity index (χ3n) is 7.67. The third-order valence-corrected chi connectivity index (χ3v) is 7.99. The number of hydrogen-bond acceptors (Lipinski definition) is 8. The van der Waals surface area contributed by atoms with Crippen LogP contribution in [0.2, 0.25) is 0 Å². The van der Waals surface area contributed by atoms with E-state index in [2.05, 4.69) is 10.2 Å². The van der Waals surface area contributed by atoms with E-state index >= 15 is 0 Å². The highest BCUT2D eigenvalue weighted by molar-refractivity contribution is 7.80. The van der Waals surface area contributed by atoms with Crippen molar-refractivity contribution in [2.45, 2.75) is 25.3 Å². The first-order chi connectivity index (χ1) is 17.6. The van der Waals surface area contributed by atoms with Crippen molar-refractivity contribution in [2.24, 2.45) is 5.41 Å². The van der Waals surface area contributed by atoms with Crippen LogP contribution >= 0.6 is 12.2 Å². The van der Waals surface area contributed by atoms with Crippen molar-refractivity contribution in [1.82, 2.24) is 20.0 Å². The maximum Gasteiger partial charge on any atom is 0.332 e. The smallest absolute Gasteiger partial charge is 0.332 e. The summed E-state index contributed by atoms with van der Waals surface area (Å²) in [6.45, 7) is 1.12. The molecule has 11 nitrogen and oxygen atoms in total.